The van der Waals surface area contributed by atoms with Crippen molar-refractivity contribution in [2.24, 2.45) is 0 Å². The van der Waals surface area contributed by atoms with Gasteiger partial charge in [-0.3, -0.25) is 0 Å². The standard InChI is InChI=1S/C25H21N3O2/c1-3-18(17-11-6-5-7-12-17)24(20-14-10-15-21-25(20)27-28-26-21)19-13-8-9-16-22(19)30-23(29)4-2/h4-16H,2-3H2,1H3,(H,26,27,28)/b24-18-. The van der Waals surface area contributed by atoms with Gasteiger partial charge in [0, 0.05) is 17.2 Å². The molecule has 0 fully saturated rings. The molecule has 0 amide bonds. The van der Waals surface area contributed by atoms with E-state index in [-0.39, 0.29) is 0 Å². The fourth-order valence-corrected chi connectivity index (χ4v) is 3.62. The highest BCUT2D eigenvalue weighted by Gasteiger charge is 2.20. The Labute approximate surface area is 174 Å². The van der Waals surface area contributed by atoms with Crippen molar-refractivity contribution in [3.8, 4) is 5.75 Å². The van der Waals surface area contributed by atoms with E-state index in [9.17, 15) is 4.79 Å². The van der Waals surface area contributed by atoms with Crippen LogP contribution in [0.4, 0.5) is 0 Å². The minimum absolute atomic E-state index is 0.472. The van der Waals surface area contributed by atoms with E-state index >= 15 is 0 Å². The molecule has 0 unspecified atom stereocenters. The molecule has 0 bridgehead atoms. The predicted molar refractivity (Wildman–Crippen MR) is 119 cm³/mol. The number of fused-ring (bicyclic) bond motifs is 1. The lowest BCUT2D eigenvalue weighted by atomic mass is 9.87. The average molecular weight is 395 g/mol. The van der Waals surface area contributed by atoms with Gasteiger partial charge in [-0.25, -0.2) is 4.79 Å². The molecule has 5 heteroatoms. The number of nitrogens with zero attached hydrogens (tertiary/aromatic N) is 2. The Morgan fingerprint density at radius 1 is 0.967 bits per heavy atom. The summed E-state index contributed by atoms with van der Waals surface area (Å²) in [5, 5.41) is 11.3. The Morgan fingerprint density at radius 3 is 2.47 bits per heavy atom. The largest absolute Gasteiger partial charge is 0.423 e. The first-order valence-electron chi connectivity index (χ1n) is 9.75. The summed E-state index contributed by atoms with van der Waals surface area (Å²) in [5.41, 5.74) is 6.44. The van der Waals surface area contributed by atoms with Gasteiger partial charge in [0.05, 0.1) is 0 Å². The monoisotopic (exact) mass is 395 g/mol. The summed E-state index contributed by atoms with van der Waals surface area (Å²) in [4.78, 5) is 12.0. The molecule has 30 heavy (non-hydrogen) atoms. The summed E-state index contributed by atoms with van der Waals surface area (Å²) in [5.74, 6) is -0.0287. The molecule has 4 aromatic rings. The number of aromatic amines is 1. The van der Waals surface area contributed by atoms with Crippen molar-refractivity contribution < 1.29 is 9.53 Å². The topological polar surface area (TPSA) is 67.9 Å². The van der Waals surface area contributed by atoms with Crippen molar-refractivity contribution in [3.63, 3.8) is 0 Å². The lowest BCUT2D eigenvalue weighted by Gasteiger charge is -2.18. The van der Waals surface area contributed by atoms with Gasteiger partial charge in [-0.15, -0.1) is 0 Å². The number of H-pyrrole nitrogens is 1. The van der Waals surface area contributed by atoms with Crippen LogP contribution >= 0.6 is 0 Å². The zero-order chi connectivity index (χ0) is 20.9. The van der Waals surface area contributed by atoms with Gasteiger partial charge in [-0.1, -0.05) is 74.2 Å². The van der Waals surface area contributed by atoms with E-state index in [1.54, 1.807) is 6.07 Å². The average Bonchev–Trinajstić information content (AvgIpc) is 3.28. The van der Waals surface area contributed by atoms with Crippen LogP contribution in [0.15, 0.2) is 85.5 Å². The van der Waals surface area contributed by atoms with Crippen LogP contribution in [0, 0.1) is 0 Å². The number of carbonyl (C=O) groups is 1. The molecule has 0 aliphatic rings. The Morgan fingerprint density at radius 2 is 1.70 bits per heavy atom. The van der Waals surface area contributed by atoms with Gasteiger partial charge in [0.15, 0.2) is 0 Å². The van der Waals surface area contributed by atoms with E-state index in [4.69, 9.17) is 4.74 Å². The van der Waals surface area contributed by atoms with E-state index in [0.29, 0.717) is 5.75 Å². The zero-order valence-electron chi connectivity index (χ0n) is 16.6. The molecule has 0 aliphatic heterocycles. The molecule has 1 aromatic heterocycles. The molecule has 3 aromatic carbocycles. The first-order chi connectivity index (χ1) is 14.7. The number of para-hydroxylation sites is 2. The van der Waals surface area contributed by atoms with Crippen molar-refractivity contribution in [1.82, 2.24) is 15.4 Å². The Hall–Kier alpha value is -3.99. The molecular formula is C25H21N3O2. The number of benzene rings is 3. The lowest BCUT2D eigenvalue weighted by molar-refractivity contribution is -0.128. The van der Waals surface area contributed by atoms with Crippen LogP contribution in [0.5, 0.6) is 5.75 Å². The fourth-order valence-electron chi connectivity index (χ4n) is 3.62. The molecule has 0 aliphatic carbocycles. The van der Waals surface area contributed by atoms with Crippen molar-refractivity contribution in [2.75, 3.05) is 0 Å². The Kier molecular flexibility index (Phi) is 5.52. The lowest BCUT2D eigenvalue weighted by Crippen LogP contribution is -2.06. The maximum Gasteiger partial charge on any atom is 0.335 e. The van der Waals surface area contributed by atoms with E-state index in [0.717, 1.165) is 51.4 Å². The highest BCUT2D eigenvalue weighted by molar-refractivity contribution is 6.05. The normalized spacial score (nSPS) is 11.8. The highest BCUT2D eigenvalue weighted by Crippen LogP contribution is 2.40. The van der Waals surface area contributed by atoms with Crippen molar-refractivity contribution in [2.45, 2.75) is 13.3 Å². The number of hydrogen-bond donors (Lipinski definition) is 1. The summed E-state index contributed by atoms with van der Waals surface area (Å²) in [6.45, 7) is 5.63. The molecule has 0 saturated carbocycles. The van der Waals surface area contributed by atoms with E-state index in [1.807, 2.05) is 54.6 Å². The predicted octanol–water partition coefficient (Wildman–Crippen LogP) is 5.42. The molecular weight excluding hydrogens is 374 g/mol. The van der Waals surface area contributed by atoms with Gasteiger partial charge in [0.1, 0.15) is 16.8 Å². The van der Waals surface area contributed by atoms with Gasteiger partial charge in [-0.05, 0) is 35.3 Å². The Balaban J connectivity index is 2.06. The summed E-state index contributed by atoms with van der Waals surface area (Å²) in [6.07, 6.45) is 1.94. The molecule has 0 saturated heterocycles. The van der Waals surface area contributed by atoms with Crippen molar-refractivity contribution >= 4 is 28.1 Å². The molecule has 1 N–H and O–H groups in total. The summed E-state index contributed by atoms with van der Waals surface area (Å²) >= 11 is 0. The summed E-state index contributed by atoms with van der Waals surface area (Å²) in [6, 6.07) is 23.6. The van der Waals surface area contributed by atoms with Gasteiger partial charge >= 0.3 is 5.97 Å². The molecule has 1 heterocycles. The number of nitrogens with one attached hydrogen (secondary N) is 1. The van der Waals surface area contributed by atoms with Crippen LogP contribution in [0.1, 0.15) is 30.0 Å². The fraction of sp³-hybridized carbons (Fsp3) is 0.0800. The third kappa shape index (κ3) is 3.65. The molecule has 148 valence electrons. The summed E-state index contributed by atoms with van der Waals surface area (Å²) in [7, 11) is 0. The molecule has 0 atom stereocenters. The van der Waals surface area contributed by atoms with Crippen molar-refractivity contribution in [1.29, 1.82) is 0 Å². The highest BCUT2D eigenvalue weighted by atomic mass is 16.5. The van der Waals surface area contributed by atoms with Crippen LogP contribution in [0.2, 0.25) is 0 Å². The van der Waals surface area contributed by atoms with Gasteiger partial charge in [0.25, 0.3) is 0 Å². The van der Waals surface area contributed by atoms with Crippen LogP contribution in [0.25, 0.3) is 22.2 Å². The maximum absolute atomic E-state index is 12.0. The second-order valence-corrected chi connectivity index (χ2v) is 6.69. The third-order valence-electron chi connectivity index (χ3n) is 4.93. The molecule has 4 rings (SSSR count). The van der Waals surface area contributed by atoms with E-state index < -0.39 is 5.97 Å². The second kappa shape index (κ2) is 8.57. The number of allylic oxidation sites excluding steroid dienone is 1. The first kappa shape index (κ1) is 19.3. The van der Waals surface area contributed by atoms with Gasteiger partial charge < -0.3 is 4.74 Å². The smallest absolute Gasteiger partial charge is 0.335 e. The van der Waals surface area contributed by atoms with Crippen LogP contribution < -0.4 is 4.74 Å². The second-order valence-electron chi connectivity index (χ2n) is 6.69. The maximum atomic E-state index is 12.0. The minimum atomic E-state index is -0.501. The van der Waals surface area contributed by atoms with E-state index in [1.165, 1.54) is 0 Å². The number of hydrogen-bond acceptors (Lipinski definition) is 4. The van der Waals surface area contributed by atoms with Crippen LogP contribution in [0.3, 0.4) is 0 Å². The number of aromatic nitrogens is 3. The Bertz CT molecular complexity index is 1240. The molecule has 0 radical (unpaired) electrons. The third-order valence-corrected chi connectivity index (χ3v) is 4.93. The van der Waals surface area contributed by atoms with E-state index in [2.05, 4.69) is 41.0 Å². The van der Waals surface area contributed by atoms with Crippen LogP contribution in [-0.2, 0) is 4.79 Å². The quantitative estimate of drug-likeness (QED) is 0.205. The SMILES string of the molecule is C=CC(=O)Oc1ccccc1/C(=C(\CC)c1ccccc1)c1cccc2n[nH]nc12. The van der Waals surface area contributed by atoms with Crippen molar-refractivity contribution in [3.05, 3.63) is 102 Å². The van der Waals surface area contributed by atoms with Crippen LogP contribution in [-0.4, -0.2) is 21.4 Å². The molecule has 0 spiro atoms. The number of esters is 1. The molecule has 5 nitrogen and oxygen atoms in total. The number of carbonyl (C=O) groups excluding carboxylic acids is 1. The number of rotatable bonds is 6. The van der Waals surface area contributed by atoms with Gasteiger partial charge in [0.2, 0.25) is 0 Å². The minimum Gasteiger partial charge on any atom is -0.423 e. The zero-order valence-corrected chi connectivity index (χ0v) is 16.6. The summed E-state index contributed by atoms with van der Waals surface area (Å²) < 4.78 is 5.59. The first-order valence-corrected chi connectivity index (χ1v) is 9.75. The number of ether oxygens (including phenoxy) is 1. The van der Waals surface area contributed by atoms with Gasteiger partial charge in [-0.2, -0.15) is 15.4 Å².